The molecule has 0 amide bonds. The Hall–Kier alpha value is -1.58. The molecule has 2 rings (SSSR count). The maximum atomic E-state index is 13.7. The highest BCUT2D eigenvalue weighted by atomic mass is 19.1. The first-order chi connectivity index (χ1) is 7.15. The summed E-state index contributed by atoms with van der Waals surface area (Å²) < 4.78 is 18.6. The van der Waals surface area contributed by atoms with E-state index in [0.29, 0.717) is 5.92 Å². The van der Waals surface area contributed by atoms with Gasteiger partial charge in [0.05, 0.1) is 12.7 Å². The molecule has 0 radical (unpaired) electrons. The van der Waals surface area contributed by atoms with Crippen molar-refractivity contribution in [2.45, 2.75) is 18.8 Å². The Morgan fingerprint density at radius 2 is 2.20 bits per heavy atom. The van der Waals surface area contributed by atoms with Crippen LogP contribution < -0.4 is 4.74 Å². The number of aromatic carboxylic acids is 1. The Morgan fingerprint density at radius 3 is 2.67 bits per heavy atom. The Bertz CT molecular complexity index is 411. The molecule has 0 spiro atoms. The van der Waals surface area contributed by atoms with E-state index in [-0.39, 0.29) is 11.3 Å². The summed E-state index contributed by atoms with van der Waals surface area (Å²) in [6, 6.07) is 2.94. The van der Waals surface area contributed by atoms with Crippen molar-refractivity contribution in [3.8, 4) is 5.75 Å². The SMILES string of the molecule is COc1c(C2CC2)ccc(C(=O)O)c1F. The molecule has 1 aromatic carbocycles. The number of hydrogen-bond donors (Lipinski definition) is 1. The fourth-order valence-corrected chi connectivity index (χ4v) is 1.66. The summed E-state index contributed by atoms with van der Waals surface area (Å²) in [7, 11) is 1.36. The molecule has 1 fully saturated rings. The summed E-state index contributed by atoms with van der Waals surface area (Å²) in [6.45, 7) is 0. The van der Waals surface area contributed by atoms with E-state index in [2.05, 4.69) is 0 Å². The minimum Gasteiger partial charge on any atom is -0.493 e. The van der Waals surface area contributed by atoms with Crippen LogP contribution >= 0.6 is 0 Å². The second kappa shape index (κ2) is 3.53. The fourth-order valence-electron chi connectivity index (χ4n) is 1.66. The molecule has 0 heterocycles. The lowest BCUT2D eigenvalue weighted by Crippen LogP contribution is -2.04. The predicted octanol–water partition coefficient (Wildman–Crippen LogP) is 2.41. The molecule has 1 N–H and O–H groups in total. The topological polar surface area (TPSA) is 46.5 Å². The summed E-state index contributed by atoms with van der Waals surface area (Å²) >= 11 is 0. The number of ether oxygens (including phenoxy) is 1. The third kappa shape index (κ3) is 1.67. The van der Waals surface area contributed by atoms with Gasteiger partial charge in [-0.15, -0.1) is 0 Å². The molecule has 0 aromatic heterocycles. The summed E-state index contributed by atoms with van der Waals surface area (Å²) in [4.78, 5) is 10.7. The van der Waals surface area contributed by atoms with Crippen LogP contribution in [0, 0.1) is 5.82 Å². The van der Waals surface area contributed by atoms with E-state index in [0.717, 1.165) is 18.4 Å². The van der Waals surface area contributed by atoms with Crippen LogP contribution in [0.3, 0.4) is 0 Å². The van der Waals surface area contributed by atoms with E-state index in [1.165, 1.54) is 13.2 Å². The van der Waals surface area contributed by atoms with Gasteiger partial charge < -0.3 is 9.84 Å². The molecule has 1 aliphatic rings. The highest BCUT2D eigenvalue weighted by Crippen LogP contribution is 2.45. The number of halogens is 1. The van der Waals surface area contributed by atoms with E-state index < -0.39 is 11.8 Å². The fraction of sp³-hybridized carbons (Fsp3) is 0.364. The third-order valence-electron chi connectivity index (χ3n) is 2.58. The van der Waals surface area contributed by atoms with Crippen molar-refractivity contribution in [2.24, 2.45) is 0 Å². The maximum absolute atomic E-state index is 13.7. The number of methoxy groups -OCH3 is 1. The molecule has 1 saturated carbocycles. The Labute approximate surface area is 86.5 Å². The van der Waals surface area contributed by atoms with E-state index >= 15 is 0 Å². The zero-order chi connectivity index (χ0) is 11.0. The number of rotatable bonds is 3. The van der Waals surface area contributed by atoms with Gasteiger partial charge in [-0.25, -0.2) is 9.18 Å². The molecule has 4 heteroatoms. The quantitative estimate of drug-likeness (QED) is 0.833. The van der Waals surface area contributed by atoms with Gasteiger partial charge in [-0.2, -0.15) is 0 Å². The van der Waals surface area contributed by atoms with Crippen LogP contribution in [0.15, 0.2) is 12.1 Å². The molecule has 0 saturated heterocycles. The largest absolute Gasteiger partial charge is 0.493 e. The van der Waals surface area contributed by atoms with Gasteiger partial charge in [0.25, 0.3) is 0 Å². The van der Waals surface area contributed by atoms with Gasteiger partial charge in [0.15, 0.2) is 11.6 Å². The van der Waals surface area contributed by atoms with Crippen LogP contribution in [0.4, 0.5) is 4.39 Å². The second-order valence-corrected chi connectivity index (χ2v) is 3.63. The van der Waals surface area contributed by atoms with Crippen LogP contribution in [0.25, 0.3) is 0 Å². The molecule has 80 valence electrons. The second-order valence-electron chi connectivity index (χ2n) is 3.63. The molecule has 0 aliphatic heterocycles. The number of hydrogen-bond acceptors (Lipinski definition) is 2. The predicted molar refractivity (Wildman–Crippen MR) is 51.9 cm³/mol. The van der Waals surface area contributed by atoms with Crippen molar-refractivity contribution in [1.29, 1.82) is 0 Å². The van der Waals surface area contributed by atoms with E-state index in [1.807, 2.05) is 0 Å². The van der Waals surface area contributed by atoms with Crippen LogP contribution in [-0.4, -0.2) is 18.2 Å². The Balaban J connectivity index is 2.52. The summed E-state index contributed by atoms with van der Waals surface area (Å²) in [5.74, 6) is -1.63. The molecular weight excluding hydrogens is 199 g/mol. The van der Waals surface area contributed by atoms with E-state index in [9.17, 15) is 9.18 Å². The van der Waals surface area contributed by atoms with Crippen LogP contribution in [-0.2, 0) is 0 Å². The average molecular weight is 210 g/mol. The average Bonchev–Trinajstić information content (AvgIpc) is 2.99. The number of benzene rings is 1. The van der Waals surface area contributed by atoms with Gasteiger partial charge in [-0.3, -0.25) is 0 Å². The monoisotopic (exact) mass is 210 g/mol. The van der Waals surface area contributed by atoms with Gasteiger partial charge >= 0.3 is 5.97 Å². The zero-order valence-corrected chi connectivity index (χ0v) is 8.29. The first-order valence-electron chi connectivity index (χ1n) is 4.74. The lowest BCUT2D eigenvalue weighted by molar-refractivity contribution is 0.0691. The summed E-state index contributed by atoms with van der Waals surface area (Å²) in [6.07, 6.45) is 2.03. The minimum atomic E-state index is -1.27. The normalized spacial score (nSPS) is 15.1. The van der Waals surface area contributed by atoms with Crippen molar-refractivity contribution >= 4 is 5.97 Å². The van der Waals surface area contributed by atoms with Gasteiger partial charge in [0.2, 0.25) is 0 Å². The molecular formula is C11H11FO3. The standard InChI is InChI=1S/C11H11FO3/c1-15-10-7(6-2-3-6)4-5-8(9(10)12)11(13)14/h4-6H,2-3H2,1H3,(H,13,14). The lowest BCUT2D eigenvalue weighted by atomic mass is 10.1. The zero-order valence-electron chi connectivity index (χ0n) is 8.29. The number of carboxylic acids is 1. The molecule has 3 nitrogen and oxygen atoms in total. The van der Waals surface area contributed by atoms with Gasteiger partial charge in [0, 0.05) is 5.56 Å². The van der Waals surface area contributed by atoms with E-state index in [4.69, 9.17) is 9.84 Å². The van der Waals surface area contributed by atoms with Crippen molar-refractivity contribution in [3.05, 3.63) is 29.1 Å². The van der Waals surface area contributed by atoms with Crippen molar-refractivity contribution in [1.82, 2.24) is 0 Å². The number of carbonyl (C=O) groups is 1. The molecule has 1 aliphatic carbocycles. The van der Waals surface area contributed by atoms with Crippen molar-refractivity contribution < 1.29 is 19.0 Å². The van der Waals surface area contributed by atoms with Crippen LogP contribution in [0.5, 0.6) is 5.75 Å². The van der Waals surface area contributed by atoms with Crippen LogP contribution in [0.1, 0.15) is 34.7 Å². The first-order valence-corrected chi connectivity index (χ1v) is 4.74. The maximum Gasteiger partial charge on any atom is 0.338 e. The number of carboxylic acid groups (broad SMARTS) is 1. The minimum absolute atomic E-state index is 0.0809. The van der Waals surface area contributed by atoms with Gasteiger partial charge in [-0.05, 0) is 24.8 Å². The van der Waals surface area contributed by atoms with E-state index in [1.54, 1.807) is 6.07 Å². The van der Waals surface area contributed by atoms with Gasteiger partial charge in [-0.1, -0.05) is 6.07 Å². The highest BCUT2D eigenvalue weighted by Gasteiger charge is 2.29. The summed E-state index contributed by atoms with van der Waals surface area (Å²) in [5, 5.41) is 8.74. The van der Waals surface area contributed by atoms with Crippen molar-refractivity contribution in [2.75, 3.05) is 7.11 Å². The molecule has 0 unspecified atom stereocenters. The third-order valence-corrected chi connectivity index (χ3v) is 2.58. The molecule has 1 aromatic rings. The smallest absolute Gasteiger partial charge is 0.338 e. The van der Waals surface area contributed by atoms with Crippen molar-refractivity contribution in [3.63, 3.8) is 0 Å². The van der Waals surface area contributed by atoms with Crippen LogP contribution in [0.2, 0.25) is 0 Å². The first kappa shape index (κ1) is 9.96. The molecule has 0 bridgehead atoms. The van der Waals surface area contributed by atoms with Gasteiger partial charge in [0.1, 0.15) is 0 Å². The molecule has 0 atom stereocenters. The lowest BCUT2D eigenvalue weighted by Gasteiger charge is -2.10. The summed E-state index contributed by atoms with van der Waals surface area (Å²) in [5.41, 5.74) is 0.441. The molecule has 15 heavy (non-hydrogen) atoms. The Kier molecular flexibility index (Phi) is 2.34. The highest BCUT2D eigenvalue weighted by molar-refractivity contribution is 5.88. The Morgan fingerprint density at radius 1 is 1.53 bits per heavy atom.